The van der Waals surface area contributed by atoms with E-state index in [2.05, 4.69) is 17.2 Å². The third-order valence-corrected chi connectivity index (χ3v) is 6.85. The molecule has 0 saturated carbocycles. The Bertz CT molecular complexity index is 1250. The molecule has 0 bridgehead atoms. The fourth-order valence-corrected chi connectivity index (χ4v) is 5.40. The highest BCUT2D eigenvalue weighted by Crippen LogP contribution is 2.56. The van der Waals surface area contributed by atoms with Crippen molar-refractivity contribution in [3.05, 3.63) is 126 Å². The van der Waals surface area contributed by atoms with E-state index in [9.17, 15) is 4.57 Å². The summed E-state index contributed by atoms with van der Waals surface area (Å²) < 4.78 is 20.1. The maximum absolute atomic E-state index is 14.0. The van der Waals surface area contributed by atoms with Gasteiger partial charge in [-0.1, -0.05) is 91.0 Å². The maximum Gasteiger partial charge on any atom is 0.220 e. The van der Waals surface area contributed by atoms with Crippen molar-refractivity contribution in [2.45, 2.75) is 0 Å². The van der Waals surface area contributed by atoms with Gasteiger partial charge in [0, 0.05) is 28.4 Å². The third-order valence-electron chi connectivity index (χ3n) is 5.01. The predicted molar refractivity (Wildman–Crippen MR) is 125 cm³/mol. The van der Waals surface area contributed by atoms with Gasteiger partial charge < -0.3 is 9.82 Å². The molecule has 5 rings (SSSR count). The summed E-state index contributed by atoms with van der Waals surface area (Å²) in [6, 6.07) is 33.7. The largest absolute Gasteiger partial charge is 0.456 e. The second kappa shape index (κ2) is 7.70. The van der Waals surface area contributed by atoms with Crippen LogP contribution in [0.3, 0.4) is 0 Å². The number of nitrogens with one attached hydrogen (secondary N) is 1. The van der Waals surface area contributed by atoms with Crippen LogP contribution in [0.5, 0.6) is 0 Å². The van der Waals surface area contributed by atoms with Crippen LogP contribution in [0, 0.1) is 0 Å². The number of hydrogen-bond donors (Lipinski definition) is 1. The van der Waals surface area contributed by atoms with Crippen LogP contribution < -0.4 is 5.09 Å². The van der Waals surface area contributed by atoms with Crippen molar-refractivity contribution in [3.8, 4) is 0 Å². The molecule has 30 heavy (non-hydrogen) atoms. The summed E-state index contributed by atoms with van der Waals surface area (Å²) in [5.41, 5.74) is 2.59. The van der Waals surface area contributed by atoms with Crippen LogP contribution in [0.4, 0.5) is 5.69 Å². The van der Waals surface area contributed by atoms with Gasteiger partial charge in [-0.05, 0) is 22.9 Å². The van der Waals surface area contributed by atoms with Crippen LogP contribution in [0.1, 0.15) is 11.1 Å². The van der Waals surface area contributed by atoms with E-state index in [1.807, 2.05) is 91.0 Å². The predicted octanol–water partition coefficient (Wildman–Crippen LogP) is 7.56. The van der Waals surface area contributed by atoms with Gasteiger partial charge in [-0.25, -0.2) is 0 Å². The smallest absolute Gasteiger partial charge is 0.220 e. The minimum atomic E-state index is -3.06. The number of ether oxygens (including phenoxy) is 1. The molecule has 1 aliphatic rings. The van der Waals surface area contributed by atoms with Crippen molar-refractivity contribution >= 4 is 35.3 Å². The lowest BCUT2D eigenvalue weighted by Crippen LogP contribution is -2.03. The highest BCUT2D eigenvalue weighted by molar-refractivity contribution is 7.72. The Balaban J connectivity index is 1.58. The van der Waals surface area contributed by atoms with E-state index in [0.29, 0.717) is 11.5 Å². The Morgan fingerprint density at radius 1 is 0.600 bits per heavy atom. The molecule has 4 heteroatoms. The van der Waals surface area contributed by atoms with Gasteiger partial charge in [-0.3, -0.25) is 4.57 Å². The fourth-order valence-electron chi connectivity index (χ4n) is 3.55. The molecule has 0 amide bonds. The van der Waals surface area contributed by atoms with Gasteiger partial charge >= 0.3 is 0 Å². The number of fused-ring (bicyclic) bond motifs is 1. The summed E-state index contributed by atoms with van der Waals surface area (Å²) >= 11 is 0. The maximum atomic E-state index is 14.0. The lowest BCUT2D eigenvalue weighted by atomic mass is 10.1. The van der Waals surface area contributed by atoms with E-state index in [0.717, 1.165) is 27.6 Å². The van der Waals surface area contributed by atoms with E-state index in [1.165, 1.54) is 0 Å². The quantitative estimate of drug-likeness (QED) is 0.354. The van der Waals surface area contributed by atoms with Gasteiger partial charge in [0.15, 0.2) is 0 Å². The highest BCUT2D eigenvalue weighted by Gasteiger charge is 2.27. The Morgan fingerprint density at radius 3 is 1.73 bits per heavy atom. The normalized spacial score (nSPS) is 15.1. The molecule has 146 valence electrons. The monoisotopic (exact) mass is 409 g/mol. The van der Waals surface area contributed by atoms with Crippen LogP contribution in [-0.2, 0) is 9.30 Å². The molecular weight excluding hydrogens is 389 g/mol. The minimum absolute atomic E-state index is 0.591. The highest BCUT2D eigenvalue weighted by atomic mass is 31.2. The minimum Gasteiger partial charge on any atom is -0.456 e. The van der Waals surface area contributed by atoms with Gasteiger partial charge in [-0.2, -0.15) is 0 Å². The number of hydrogen-bond acceptors (Lipinski definition) is 2. The second-order valence-electron chi connectivity index (χ2n) is 7.20. The number of rotatable bonds is 4. The van der Waals surface area contributed by atoms with Crippen molar-refractivity contribution in [3.63, 3.8) is 0 Å². The van der Waals surface area contributed by atoms with E-state index < -0.39 is 7.29 Å². The van der Waals surface area contributed by atoms with Gasteiger partial charge in [0.25, 0.3) is 0 Å². The molecule has 0 fully saturated rings. The fraction of sp³-hybridized carbons (Fsp3) is 0. The summed E-state index contributed by atoms with van der Waals surface area (Å²) in [6.45, 7) is 0. The Hall–Kier alpha value is -3.55. The zero-order valence-corrected chi connectivity index (χ0v) is 17.1. The zero-order chi connectivity index (χ0) is 20.4. The molecule has 0 atom stereocenters. The first-order valence-corrected chi connectivity index (χ1v) is 11.6. The first-order valence-electron chi connectivity index (χ1n) is 9.79. The molecule has 0 unspecified atom stereocenters. The van der Waals surface area contributed by atoms with Crippen molar-refractivity contribution in [2.75, 3.05) is 5.09 Å². The zero-order valence-electron chi connectivity index (χ0n) is 16.2. The number of anilines is 1. The third kappa shape index (κ3) is 3.80. The Labute approximate surface area is 175 Å². The van der Waals surface area contributed by atoms with E-state index in [-0.39, 0.29) is 0 Å². The lowest BCUT2D eigenvalue weighted by molar-refractivity contribution is 0.469. The van der Waals surface area contributed by atoms with Crippen LogP contribution in [0.15, 0.2) is 115 Å². The first-order chi connectivity index (χ1) is 14.7. The molecule has 1 heterocycles. The van der Waals surface area contributed by atoms with Crippen molar-refractivity contribution < 1.29 is 9.30 Å². The van der Waals surface area contributed by atoms with Crippen molar-refractivity contribution in [1.29, 1.82) is 0 Å². The molecule has 0 spiro atoms. The van der Waals surface area contributed by atoms with Crippen LogP contribution in [-0.4, -0.2) is 0 Å². The molecule has 1 aliphatic heterocycles. The van der Waals surface area contributed by atoms with Gasteiger partial charge in [0.05, 0.1) is 0 Å². The molecule has 3 nitrogen and oxygen atoms in total. The summed E-state index contributed by atoms with van der Waals surface area (Å²) in [4.78, 5) is 0. The van der Waals surface area contributed by atoms with E-state index >= 15 is 0 Å². The lowest BCUT2D eigenvalue weighted by Gasteiger charge is -2.24. The summed E-state index contributed by atoms with van der Waals surface area (Å²) in [6.07, 6.45) is 0. The molecule has 0 aromatic heterocycles. The van der Waals surface area contributed by atoms with Crippen molar-refractivity contribution in [2.24, 2.45) is 0 Å². The Kier molecular flexibility index (Phi) is 4.74. The average Bonchev–Trinajstić information content (AvgIpc) is 2.79. The SMILES string of the molecule is O=P1(Nc2ccc3ccccc3c2)C=C(c2ccccc2)OC(c2ccccc2)=C1. The van der Waals surface area contributed by atoms with Gasteiger partial charge in [-0.15, -0.1) is 0 Å². The van der Waals surface area contributed by atoms with Crippen LogP contribution in [0.25, 0.3) is 22.3 Å². The molecule has 4 aromatic carbocycles. The molecule has 0 saturated heterocycles. The van der Waals surface area contributed by atoms with Crippen LogP contribution >= 0.6 is 7.29 Å². The molecule has 0 radical (unpaired) electrons. The molecular formula is C26H20NO2P. The Morgan fingerprint density at radius 2 is 1.13 bits per heavy atom. The second-order valence-corrected chi connectivity index (χ2v) is 9.36. The summed E-state index contributed by atoms with van der Waals surface area (Å²) in [7, 11) is -3.06. The first kappa shape index (κ1) is 18.5. The molecule has 4 aromatic rings. The summed E-state index contributed by atoms with van der Waals surface area (Å²) in [5, 5.41) is 5.52. The topological polar surface area (TPSA) is 38.3 Å². The van der Waals surface area contributed by atoms with Gasteiger partial charge in [0.1, 0.15) is 11.5 Å². The van der Waals surface area contributed by atoms with E-state index in [4.69, 9.17) is 4.74 Å². The standard InChI is InChI=1S/C26H20NO2P/c28-30(27-24-16-15-20-9-7-8-14-23(20)17-24)18-25(21-10-3-1-4-11-21)29-26(19-30)22-12-5-2-6-13-22/h1-19H,(H,27,28). The average molecular weight is 409 g/mol. The molecule has 1 N–H and O–H groups in total. The molecule has 0 aliphatic carbocycles. The van der Waals surface area contributed by atoms with E-state index in [1.54, 1.807) is 11.6 Å². The summed E-state index contributed by atoms with van der Waals surface area (Å²) in [5.74, 6) is 4.61. The van der Waals surface area contributed by atoms with Gasteiger partial charge in [0.2, 0.25) is 7.29 Å². The number of benzene rings is 4. The van der Waals surface area contributed by atoms with Crippen molar-refractivity contribution in [1.82, 2.24) is 0 Å². The van der Waals surface area contributed by atoms with Crippen LogP contribution in [0.2, 0.25) is 0 Å².